The van der Waals surface area contributed by atoms with Crippen molar-refractivity contribution in [3.05, 3.63) is 45.7 Å². The molecule has 0 unspecified atom stereocenters. The summed E-state index contributed by atoms with van der Waals surface area (Å²) in [6, 6.07) is 1.39. The minimum Gasteiger partial charge on any atom is -0.508 e. The Morgan fingerprint density at radius 1 is 1.16 bits per heavy atom. The van der Waals surface area contributed by atoms with Gasteiger partial charge in [-0.1, -0.05) is 6.07 Å². The number of aliphatic hydroxyl groups excluding tert-OH is 2. The molecule has 0 aliphatic heterocycles. The second-order valence-electron chi connectivity index (χ2n) is 9.65. The predicted octanol–water partition coefficient (Wildman–Crippen LogP) is -0.751. The minimum atomic E-state index is -2.74. The van der Waals surface area contributed by atoms with Crippen molar-refractivity contribution in [1.29, 1.82) is 0 Å². The van der Waals surface area contributed by atoms with Crippen LogP contribution in [0.25, 0.3) is 5.76 Å². The molecule has 1 aromatic rings. The summed E-state index contributed by atoms with van der Waals surface area (Å²) < 4.78 is 4.46. The molecule has 4 rings (SSSR count). The van der Waals surface area contributed by atoms with Crippen LogP contribution in [0, 0.1) is 11.8 Å². The Bertz CT molecular complexity index is 1340. The average Bonchev–Trinajstić information content (AvgIpc) is 2.82. The van der Waals surface area contributed by atoms with E-state index >= 15 is 0 Å². The van der Waals surface area contributed by atoms with Crippen molar-refractivity contribution in [2.24, 2.45) is 17.6 Å². The van der Waals surface area contributed by atoms with Gasteiger partial charge < -0.3 is 30.9 Å². The number of methoxy groups -OCH3 is 1. The van der Waals surface area contributed by atoms with Gasteiger partial charge in [-0.05, 0) is 50.0 Å². The van der Waals surface area contributed by atoms with Gasteiger partial charge in [0.1, 0.15) is 22.8 Å². The summed E-state index contributed by atoms with van der Waals surface area (Å²) >= 11 is 0. The molecule has 37 heavy (non-hydrogen) atoms. The first-order chi connectivity index (χ1) is 17.3. The molecule has 1 saturated carbocycles. The number of carbonyl (C=O) groups is 5. The van der Waals surface area contributed by atoms with Crippen LogP contribution in [0.5, 0.6) is 5.75 Å². The Balaban J connectivity index is 1.92. The maximum atomic E-state index is 13.8. The Morgan fingerprint density at radius 2 is 1.81 bits per heavy atom. The number of rotatable bonds is 5. The maximum Gasteiger partial charge on any atom is 0.374 e. The van der Waals surface area contributed by atoms with Gasteiger partial charge in [0.15, 0.2) is 11.4 Å². The molecule has 0 spiro atoms. The number of likely N-dealkylation sites (N-methyl/N-ethyl adjacent to an activating group) is 1. The lowest BCUT2D eigenvalue weighted by atomic mass is 9.57. The molecule has 12 heteroatoms. The summed E-state index contributed by atoms with van der Waals surface area (Å²) in [6.45, 7) is 0. The lowest BCUT2D eigenvalue weighted by Gasteiger charge is -2.50. The van der Waals surface area contributed by atoms with E-state index in [1.807, 2.05) is 0 Å². The molecule has 1 amide bonds. The largest absolute Gasteiger partial charge is 0.508 e. The highest BCUT2D eigenvalue weighted by Crippen LogP contribution is 2.52. The van der Waals surface area contributed by atoms with E-state index in [-0.39, 0.29) is 24.0 Å². The molecule has 3 aliphatic rings. The summed E-state index contributed by atoms with van der Waals surface area (Å²) in [7, 11) is 4.06. The fraction of sp³-hybridized carbons (Fsp3) is 0.400. The Morgan fingerprint density at radius 3 is 2.38 bits per heavy atom. The number of benzene rings is 1. The molecular weight excluding hydrogens is 488 g/mol. The highest BCUT2D eigenvalue weighted by Gasteiger charge is 2.64. The Labute approximate surface area is 210 Å². The van der Waals surface area contributed by atoms with E-state index in [9.17, 15) is 44.4 Å². The highest BCUT2D eigenvalue weighted by atomic mass is 16.5. The highest BCUT2D eigenvalue weighted by molar-refractivity contribution is 6.34. The van der Waals surface area contributed by atoms with E-state index in [1.54, 1.807) is 0 Å². The van der Waals surface area contributed by atoms with Gasteiger partial charge in [-0.3, -0.25) is 24.1 Å². The number of Topliss-reactive ketones (excluding diaryl/α,β-unsaturated/α-hetero) is 3. The molecule has 4 atom stereocenters. The molecule has 0 bridgehead atoms. The molecule has 12 nitrogen and oxygen atoms in total. The van der Waals surface area contributed by atoms with Crippen LogP contribution in [0.3, 0.4) is 0 Å². The van der Waals surface area contributed by atoms with Gasteiger partial charge in [-0.25, -0.2) is 4.79 Å². The van der Waals surface area contributed by atoms with E-state index < -0.39 is 82.0 Å². The average molecular weight is 514 g/mol. The van der Waals surface area contributed by atoms with Crippen molar-refractivity contribution in [3.8, 4) is 5.75 Å². The Kier molecular flexibility index (Phi) is 6.21. The third-order valence-corrected chi connectivity index (χ3v) is 7.47. The second kappa shape index (κ2) is 8.82. The standard InChI is InChI=1S/C25H26N2O10/c1-27(2)18-12-7-10-6-11-9(8-14(29)24(35)37-3)4-5-13(28)16(11)19(30)15(10)21(32)25(12,36)22(33)17(20(18)31)23(26)34/h4-5,10,12,18,28,30,33,36H,6-8H2,1-3H3,(H2,26,34)/t10-,12-,18-,25-/m1/s1. The van der Waals surface area contributed by atoms with E-state index in [0.29, 0.717) is 11.1 Å². The number of aromatic hydroxyl groups is 1. The Hall–Kier alpha value is -4.03. The van der Waals surface area contributed by atoms with Crippen molar-refractivity contribution in [1.82, 2.24) is 4.90 Å². The molecule has 196 valence electrons. The number of hydrogen-bond acceptors (Lipinski definition) is 11. The number of hydrogen-bond donors (Lipinski definition) is 5. The van der Waals surface area contributed by atoms with E-state index in [0.717, 1.165) is 7.11 Å². The quantitative estimate of drug-likeness (QED) is 0.188. The number of amides is 1. The first-order valence-electron chi connectivity index (χ1n) is 11.4. The molecular formula is C25H26N2O10. The molecule has 3 aliphatic carbocycles. The van der Waals surface area contributed by atoms with Crippen LogP contribution in [-0.4, -0.2) is 87.4 Å². The monoisotopic (exact) mass is 514 g/mol. The predicted molar refractivity (Wildman–Crippen MR) is 125 cm³/mol. The van der Waals surface area contributed by atoms with Crippen LogP contribution < -0.4 is 5.73 Å². The molecule has 0 saturated heterocycles. The van der Waals surface area contributed by atoms with Crippen molar-refractivity contribution >= 4 is 35.0 Å². The van der Waals surface area contributed by atoms with E-state index in [4.69, 9.17) is 5.73 Å². The number of ketones is 3. The van der Waals surface area contributed by atoms with Crippen LogP contribution in [-0.2, 0) is 41.6 Å². The van der Waals surface area contributed by atoms with Gasteiger partial charge in [-0.15, -0.1) is 0 Å². The topological polar surface area (TPSA) is 205 Å². The van der Waals surface area contributed by atoms with Crippen LogP contribution in [0.1, 0.15) is 23.1 Å². The van der Waals surface area contributed by atoms with Gasteiger partial charge >= 0.3 is 5.97 Å². The van der Waals surface area contributed by atoms with Gasteiger partial charge in [0, 0.05) is 17.9 Å². The minimum absolute atomic E-state index is 0.00667. The number of aliphatic hydroxyl groups is 3. The summed E-state index contributed by atoms with van der Waals surface area (Å²) in [6.07, 6.45) is -0.477. The van der Waals surface area contributed by atoms with Gasteiger partial charge in [0.25, 0.3) is 5.91 Å². The zero-order valence-electron chi connectivity index (χ0n) is 20.3. The number of nitrogens with zero attached hydrogens (tertiary/aromatic N) is 1. The van der Waals surface area contributed by atoms with E-state index in [1.165, 1.54) is 31.1 Å². The molecule has 6 N–H and O–H groups in total. The number of ether oxygens (including phenoxy) is 1. The molecule has 1 aromatic carbocycles. The third-order valence-electron chi connectivity index (χ3n) is 7.47. The normalized spacial score (nSPS) is 27.0. The molecule has 0 aromatic heterocycles. The zero-order chi connectivity index (χ0) is 27.6. The number of phenolic OH excluding ortho intramolecular Hbond substituents is 1. The number of fused-ring (bicyclic) bond motifs is 3. The SMILES string of the molecule is COC(=O)C(=O)Cc1ccc(O)c2c1C[C@@H]1C[C@@H]3[C@@H](N(C)C)C(=O)C(C(N)=O)=C(O)[C@]3(O)C(=O)C1=C2O. The van der Waals surface area contributed by atoms with Crippen molar-refractivity contribution in [2.45, 2.75) is 30.9 Å². The first kappa shape index (κ1) is 26.0. The van der Waals surface area contributed by atoms with Crippen molar-refractivity contribution < 1.29 is 49.1 Å². The second-order valence-corrected chi connectivity index (χ2v) is 9.65. The van der Waals surface area contributed by atoms with Gasteiger partial charge in [0.2, 0.25) is 11.6 Å². The number of esters is 1. The maximum absolute atomic E-state index is 13.8. The number of primary amides is 1. The fourth-order valence-electron chi connectivity index (χ4n) is 5.83. The summed E-state index contributed by atoms with van der Waals surface area (Å²) in [5, 5.41) is 44.1. The number of phenols is 1. The van der Waals surface area contributed by atoms with E-state index in [2.05, 4.69) is 4.74 Å². The van der Waals surface area contributed by atoms with Gasteiger partial charge in [-0.2, -0.15) is 0 Å². The number of nitrogens with two attached hydrogens (primary N) is 1. The summed E-state index contributed by atoms with van der Waals surface area (Å²) in [5.41, 5.74) is 1.81. The first-order valence-corrected chi connectivity index (χ1v) is 11.4. The summed E-state index contributed by atoms with van der Waals surface area (Å²) in [4.78, 5) is 64.1. The lowest BCUT2D eigenvalue weighted by molar-refractivity contribution is -0.153. The van der Waals surface area contributed by atoms with Crippen LogP contribution in [0.15, 0.2) is 29.0 Å². The van der Waals surface area contributed by atoms with Crippen molar-refractivity contribution in [2.75, 3.05) is 21.2 Å². The summed E-state index contributed by atoms with van der Waals surface area (Å²) in [5.74, 6) is -9.53. The smallest absolute Gasteiger partial charge is 0.374 e. The molecule has 0 heterocycles. The van der Waals surface area contributed by atoms with Crippen LogP contribution in [0.2, 0.25) is 0 Å². The third kappa shape index (κ3) is 3.63. The number of carbonyl (C=O) groups excluding carboxylic acids is 5. The van der Waals surface area contributed by atoms with Crippen molar-refractivity contribution in [3.63, 3.8) is 0 Å². The zero-order valence-corrected chi connectivity index (χ0v) is 20.3. The molecule has 0 radical (unpaired) electrons. The molecule has 1 fully saturated rings. The lowest BCUT2D eigenvalue weighted by Crippen LogP contribution is -2.65. The van der Waals surface area contributed by atoms with Crippen LogP contribution in [0.4, 0.5) is 0 Å². The fourth-order valence-corrected chi connectivity index (χ4v) is 5.83. The van der Waals surface area contributed by atoms with Gasteiger partial charge in [0.05, 0.1) is 18.7 Å². The van der Waals surface area contributed by atoms with Crippen LogP contribution >= 0.6 is 0 Å².